The van der Waals surface area contributed by atoms with Crippen LogP contribution in [0.5, 0.6) is 11.6 Å². The Kier molecular flexibility index (Phi) is 4.37. The number of hydrogen-bond acceptors (Lipinski definition) is 6. The second kappa shape index (κ2) is 6.97. The lowest BCUT2D eigenvalue weighted by Gasteiger charge is -2.12. The van der Waals surface area contributed by atoms with E-state index in [1.807, 2.05) is 54.6 Å². The SMILES string of the molecule is Nc1c(Nc2ccc(Br)cc2)ncnc1Oc1cccc2cccnc12. The zero-order valence-corrected chi connectivity index (χ0v) is 15.1. The minimum Gasteiger partial charge on any atom is -0.435 e. The van der Waals surface area contributed by atoms with E-state index in [-0.39, 0.29) is 5.88 Å². The first-order chi connectivity index (χ1) is 12.7. The molecule has 0 spiro atoms. The monoisotopic (exact) mass is 407 g/mol. The summed E-state index contributed by atoms with van der Waals surface area (Å²) in [4.78, 5) is 12.7. The van der Waals surface area contributed by atoms with Gasteiger partial charge in [0.05, 0.1) is 0 Å². The number of nitrogen functional groups attached to an aromatic ring is 1. The van der Waals surface area contributed by atoms with Crippen LogP contribution in [-0.4, -0.2) is 15.0 Å². The molecule has 3 N–H and O–H groups in total. The first-order valence-electron chi connectivity index (χ1n) is 7.85. The molecular weight excluding hydrogens is 394 g/mol. The standard InChI is InChI=1S/C19H14BrN5O/c20-13-6-8-14(9-7-13)25-18-16(21)19(24-11-23-18)26-15-5-1-3-12-4-2-10-22-17(12)15/h1-11H,21H2,(H,23,24,25). The van der Waals surface area contributed by atoms with E-state index in [2.05, 4.69) is 36.2 Å². The number of pyridine rings is 1. The van der Waals surface area contributed by atoms with E-state index in [9.17, 15) is 0 Å². The first kappa shape index (κ1) is 16.3. The number of anilines is 3. The van der Waals surface area contributed by atoms with Crippen LogP contribution in [0.4, 0.5) is 17.2 Å². The fourth-order valence-electron chi connectivity index (χ4n) is 2.49. The molecule has 2 heterocycles. The maximum Gasteiger partial charge on any atom is 0.248 e. The van der Waals surface area contributed by atoms with Gasteiger partial charge in [-0.2, -0.15) is 4.98 Å². The summed E-state index contributed by atoms with van der Waals surface area (Å²) in [5.74, 6) is 1.34. The fraction of sp³-hybridized carbons (Fsp3) is 0. The smallest absolute Gasteiger partial charge is 0.248 e. The van der Waals surface area contributed by atoms with Crippen molar-refractivity contribution in [3.63, 3.8) is 0 Å². The van der Waals surface area contributed by atoms with Crippen LogP contribution in [0.25, 0.3) is 10.9 Å². The minimum atomic E-state index is 0.276. The molecule has 4 aromatic rings. The van der Waals surface area contributed by atoms with Gasteiger partial charge in [-0.3, -0.25) is 4.98 Å². The highest BCUT2D eigenvalue weighted by Crippen LogP contribution is 2.33. The molecule has 4 rings (SSSR count). The van der Waals surface area contributed by atoms with Crippen molar-refractivity contribution in [1.29, 1.82) is 0 Å². The predicted octanol–water partition coefficient (Wildman–Crippen LogP) is 4.91. The van der Waals surface area contributed by atoms with E-state index >= 15 is 0 Å². The molecule has 0 unspecified atom stereocenters. The van der Waals surface area contributed by atoms with Gasteiger partial charge < -0.3 is 15.8 Å². The van der Waals surface area contributed by atoms with Crippen LogP contribution in [-0.2, 0) is 0 Å². The Hall–Kier alpha value is -3.19. The normalized spacial score (nSPS) is 10.7. The van der Waals surface area contributed by atoms with Gasteiger partial charge in [0.25, 0.3) is 0 Å². The van der Waals surface area contributed by atoms with Gasteiger partial charge in [-0.1, -0.05) is 34.1 Å². The Morgan fingerprint density at radius 1 is 0.923 bits per heavy atom. The largest absolute Gasteiger partial charge is 0.435 e. The molecule has 0 aliphatic rings. The number of para-hydroxylation sites is 1. The van der Waals surface area contributed by atoms with Gasteiger partial charge in [-0.25, -0.2) is 4.98 Å². The van der Waals surface area contributed by atoms with Crippen LogP contribution >= 0.6 is 15.9 Å². The number of hydrogen-bond donors (Lipinski definition) is 2. The van der Waals surface area contributed by atoms with Crippen LogP contribution in [0, 0.1) is 0 Å². The lowest BCUT2D eigenvalue weighted by Crippen LogP contribution is -2.03. The summed E-state index contributed by atoms with van der Waals surface area (Å²) in [6.45, 7) is 0. The van der Waals surface area contributed by atoms with Crippen LogP contribution in [0.3, 0.4) is 0 Å². The Bertz CT molecular complexity index is 1060. The zero-order chi connectivity index (χ0) is 17.9. The topological polar surface area (TPSA) is 86.0 Å². The van der Waals surface area contributed by atoms with Crippen molar-refractivity contribution in [2.24, 2.45) is 0 Å². The number of benzene rings is 2. The minimum absolute atomic E-state index is 0.276. The second-order valence-corrected chi connectivity index (χ2v) is 6.42. The average molecular weight is 408 g/mol. The number of nitrogens with two attached hydrogens (primary N) is 1. The molecule has 6 nitrogen and oxygen atoms in total. The third kappa shape index (κ3) is 3.29. The van der Waals surface area contributed by atoms with Gasteiger partial charge in [0.2, 0.25) is 5.88 Å². The van der Waals surface area contributed by atoms with E-state index in [0.29, 0.717) is 17.3 Å². The highest BCUT2D eigenvalue weighted by atomic mass is 79.9. The Morgan fingerprint density at radius 3 is 2.58 bits per heavy atom. The molecular formula is C19H14BrN5O. The van der Waals surface area contributed by atoms with Crippen LogP contribution in [0.1, 0.15) is 0 Å². The van der Waals surface area contributed by atoms with Crippen LogP contribution < -0.4 is 15.8 Å². The summed E-state index contributed by atoms with van der Waals surface area (Å²) in [5.41, 5.74) is 8.14. The molecule has 0 fully saturated rings. The molecule has 0 bridgehead atoms. The fourth-order valence-corrected chi connectivity index (χ4v) is 2.76. The summed E-state index contributed by atoms with van der Waals surface area (Å²) in [6, 6.07) is 17.2. The third-order valence-corrected chi connectivity index (χ3v) is 4.29. The molecule has 128 valence electrons. The summed E-state index contributed by atoms with van der Waals surface area (Å²) >= 11 is 3.41. The molecule has 0 saturated carbocycles. The Balaban J connectivity index is 1.66. The molecule has 7 heteroatoms. The summed E-state index contributed by atoms with van der Waals surface area (Å²) in [6.07, 6.45) is 3.13. The summed E-state index contributed by atoms with van der Waals surface area (Å²) in [7, 11) is 0. The van der Waals surface area contributed by atoms with Gasteiger partial charge in [0.1, 0.15) is 17.5 Å². The summed E-state index contributed by atoms with van der Waals surface area (Å²) in [5, 5.41) is 4.15. The molecule has 0 aliphatic heterocycles. The molecule has 0 atom stereocenters. The Morgan fingerprint density at radius 2 is 1.73 bits per heavy atom. The molecule has 2 aromatic heterocycles. The maximum absolute atomic E-state index is 6.21. The highest BCUT2D eigenvalue weighted by molar-refractivity contribution is 9.10. The van der Waals surface area contributed by atoms with Crippen molar-refractivity contribution in [2.45, 2.75) is 0 Å². The number of aromatic nitrogens is 3. The quantitative estimate of drug-likeness (QED) is 0.499. The lowest BCUT2D eigenvalue weighted by molar-refractivity contribution is 0.469. The second-order valence-electron chi connectivity index (χ2n) is 5.51. The van der Waals surface area contributed by atoms with Crippen molar-refractivity contribution in [3.05, 3.63) is 71.6 Å². The number of nitrogens with zero attached hydrogens (tertiary/aromatic N) is 3. The van der Waals surface area contributed by atoms with Crippen molar-refractivity contribution in [3.8, 4) is 11.6 Å². The molecule has 2 aromatic carbocycles. The third-order valence-electron chi connectivity index (χ3n) is 3.76. The van der Waals surface area contributed by atoms with Gasteiger partial charge >= 0.3 is 0 Å². The van der Waals surface area contributed by atoms with Gasteiger partial charge in [0, 0.05) is 21.7 Å². The van der Waals surface area contributed by atoms with E-state index < -0.39 is 0 Å². The lowest BCUT2D eigenvalue weighted by atomic mass is 10.2. The molecule has 0 saturated heterocycles. The molecule has 26 heavy (non-hydrogen) atoms. The molecule has 0 aliphatic carbocycles. The van der Waals surface area contributed by atoms with Crippen LogP contribution in [0.15, 0.2) is 71.6 Å². The molecule has 0 radical (unpaired) electrons. The van der Waals surface area contributed by atoms with Crippen molar-refractivity contribution >= 4 is 44.0 Å². The van der Waals surface area contributed by atoms with Gasteiger partial charge in [-0.15, -0.1) is 0 Å². The van der Waals surface area contributed by atoms with Crippen LogP contribution in [0.2, 0.25) is 0 Å². The van der Waals surface area contributed by atoms with Crippen molar-refractivity contribution in [1.82, 2.24) is 15.0 Å². The highest BCUT2D eigenvalue weighted by Gasteiger charge is 2.12. The number of nitrogens with one attached hydrogen (secondary N) is 1. The number of fused-ring (bicyclic) bond motifs is 1. The first-order valence-corrected chi connectivity index (χ1v) is 8.65. The van der Waals surface area contributed by atoms with Crippen molar-refractivity contribution < 1.29 is 4.74 Å². The molecule has 0 amide bonds. The predicted molar refractivity (Wildman–Crippen MR) is 106 cm³/mol. The van der Waals surface area contributed by atoms with Crippen molar-refractivity contribution in [2.75, 3.05) is 11.1 Å². The van der Waals surface area contributed by atoms with E-state index in [0.717, 1.165) is 21.1 Å². The average Bonchev–Trinajstić information content (AvgIpc) is 2.67. The number of halogens is 1. The number of ether oxygens (including phenoxy) is 1. The van der Waals surface area contributed by atoms with E-state index in [4.69, 9.17) is 10.5 Å². The number of rotatable bonds is 4. The summed E-state index contributed by atoms with van der Waals surface area (Å²) < 4.78 is 6.93. The van der Waals surface area contributed by atoms with E-state index in [1.54, 1.807) is 6.20 Å². The van der Waals surface area contributed by atoms with Gasteiger partial charge in [0.15, 0.2) is 11.6 Å². The van der Waals surface area contributed by atoms with Gasteiger partial charge in [-0.05, 0) is 36.4 Å². The van der Waals surface area contributed by atoms with E-state index in [1.165, 1.54) is 6.33 Å². The maximum atomic E-state index is 6.21. The Labute approximate surface area is 158 Å². The zero-order valence-electron chi connectivity index (χ0n) is 13.6.